The fourth-order valence-electron chi connectivity index (χ4n) is 3.38. The maximum atomic E-state index is 13.6. The molecule has 0 fully saturated rings. The number of aromatic nitrogens is 2. The summed E-state index contributed by atoms with van der Waals surface area (Å²) in [4.78, 5) is 8.29. The number of hydrogen-bond donors (Lipinski definition) is 0. The summed E-state index contributed by atoms with van der Waals surface area (Å²) in [6, 6.07) is 13.7. The Morgan fingerprint density at radius 3 is 2.32 bits per heavy atom. The highest BCUT2D eigenvalue weighted by Crippen LogP contribution is 2.32. The van der Waals surface area contributed by atoms with Crippen molar-refractivity contribution in [2.24, 2.45) is 0 Å². The number of aryl methyl sites for hydroxylation is 2. The predicted octanol–water partition coefficient (Wildman–Crippen LogP) is 4.20. The molecule has 0 radical (unpaired) electrons. The Labute approximate surface area is 187 Å². The quantitative estimate of drug-likeness (QED) is 0.468. The van der Waals surface area contributed by atoms with Gasteiger partial charge in [-0.3, -0.25) is 0 Å². The van der Waals surface area contributed by atoms with Crippen LogP contribution in [0.15, 0.2) is 59.6 Å². The van der Waals surface area contributed by atoms with Gasteiger partial charge in [0, 0.05) is 13.2 Å². The Morgan fingerprint density at radius 1 is 1.10 bits per heavy atom. The second kappa shape index (κ2) is 9.64. The molecule has 0 aliphatic carbocycles. The van der Waals surface area contributed by atoms with Gasteiger partial charge in [0.1, 0.15) is 17.5 Å². The van der Waals surface area contributed by atoms with Crippen LogP contribution >= 0.6 is 11.6 Å². The third-order valence-corrected chi connectivity index (χ3v) is 7.28. The largest absolute Gasteiger partial charge is 0.497 e. The molecule has 0 aliphatic rings. The van der Waals surface area contributed by atoms with Crippen molar-refractivity contribution in [1.29, 1.82) is 0 Å². The van der Waals surface area contributed by atoms with Crippen LogP contribution in [0.1, 0.15) is 22.7 Å². The first-order valence-corrected chi connectivity index (χ1v) is 11.4. The normalized spacial score (nSPS) is 12.6. The number of rotatable bonds is 8. The number of methoxy groups -OCH3 is 1. The van der Waals surface area contributed by atoms with Gasteiger partial charge in [-0.2, -0.15) is 9.29 Å². The molecule has 7 nitrogen and oxygen atoms in total. The lowest BCUT2D eigenvalue weighted by molar-refractivity contribution is 0.209. The van der Waals surface area contributed by atoms with Gasteiger partial charge in [0.2, 0.25) is 10.0 Å². The highest BCUT2D eigenvalue weighted by atomic mass is 35.5. The molecule has 0 saturated heterocycles. The molecule has 0 N–H and O–H groups in total. The second-order valence-corrected chi connectivity index (χ2v) is 9.33. The van der Waals surface area contributed by atoms with Crippen molar-refractivity contribution in [1.82, 2.24) is 14.3 Å². The van der Waals surface area contributed by atoms with Gasteiger partial charge in [-0.15, -0.1) is 0 Å². The van der Waals surface area contributed by atoms with E-state index < -0.39 is 16.1 Å². The third-order valence-electron chi connectivity index (χ3n) is 4.90. The molecule has 1 atom stereocenters. The minimum Gasteiger partial charge on any atom is -0.497 e. The van der Waals surface area contributed by atoms with Crippen molar-refractivity contribution in [2.75, 3.05) is 20.8 Å². The molecule has 2 aromatic carbocycles. The lowest BCUT2D eigenvalue weighted by Gasteiger charge is -2.29. The first-order valence-electron chi connectivity index (χ1n) is 9.53. The number of nitrogens with zero attached hydrogens (tertiary/aromatic N) is 3. The van der Waals surface area contributed by atoms with Gasteiger partial charge >= 0.3 is 6.01 Å². The standard InChI is InChI=1S/C22H24ClN3O4S/c1-15-12-18(29-4)13-16(2)21(15)31(27,28)26(3)19(17-8-6-5-7-9-17)14-30-22-24-11-10-20(23)25-22/h5-13,19H,14H2,1-4H3. The van der Waals surface area contributed by atoms with E-state index >= 15 is 0 Å². The Balaban J connectivity index is 1.98. The average molecular weight is 462 g/mol. The summed E-state index contributed by atoms with van der Waals surface area (Å²) < 4.78 is 39.6. The minimum absolute atomic E-state index is 0.00827. The van der Waals surface area contributed by atoms with Crippen LogP contribution < -0.4 is 9.47 Å². The van der Waals surface area contributed by atoms with Gasteiger partial charge in [-0.25, -0.2) is 13.4 Å². The lowest BCUT2D eigenvalue weighted by Crippen LogP contribution is -2.35. The molecule has 3 rings (SSSR count). The molecule has 1 unspecified atom stereocenters. The van der Waals surface area contributed by atoms with Crippen LogP contribution in [0.3, 0.4) is 0 Å². The smallest absolute Gasteiger partial charge is 0.317 e. The van der Waals surface area contributed by atoms with Crippen LogP contribution in [0.25, 0.3) is 0 Å². The van der Waals surface area contributed by atoms with E-state index in [1.807, 2.05) is 30.3 Å². The first-order chi connectivity index (χ1) is 14.7. The molecule has 31 heavy (non-hydrogen) atoms. The zero-order valence-electron chi connectivity index (χ0n) is 17.7. The van der Waals surface area contributed by atoms with Crippen molar-refractivity contribution in [3.8, 4) is 11.8 Å². The molecule has 164 valence electrons. The van der Waals surface area contributed by atoms with Crippen molar-refractivity contribution < 1.29 is 17.9 Å². The van der Waals surface area contributed by atoms with E-state index in [1.165, 1.54) is 23.6 Å². The number of hydrogen-bond acceptors (Lipinski definition) is 6. The molecule has 0 aliphatic heterocycles. The van der Waals surface area contributed by atoms with Crippen LogP contribution in [-0.2, 0) is 10.0 Å². The van der Waals surface area contributed by atoms with E-state index in [2.05, 4.69) is 9.97 Å². The van der Waals surface area contributed by atoms with Gasteiger partial charge in [-0.1, -0.05) is 41.9 Å². The first kappa shape index (κ1) is 23.0. The molecular weight excluding hydrogens is 438 g/mol. The fraction of sp³-hybridized carbons (Fsp3) is 0.273. The molecule has 1 heterocycles. The van der Waals surface area contributed by atoms with Crippen LogP contribution in [0.5, 0.6) is 11.8 Å². The van der Waals surface area contributed by atoms with Crippen LogP contribution in [0.4, 0.5) is 0 Å². The van der Waals surface area contributed by atoms with E-state index in [0.29, 0.717) is 16.9 Å². The van der Waals surface area contributed by atoms with Crippen LogP contribution in [0, 0.1) is 13.8 Å². The average Bonchev–Trinajstić information content (AvgIpc) is 2.73. The Hall–Kier alpha value is -2.68. The number of halogens is 1. The maximum Gasteiger partial charge on any atom is 0.317 e. The maximum absolute atomic E-state index is 13.6. The van der Waals surface area contributed by atoms with Crippen molar-refractivity contribution in [3.63, 3.8) is 0 Å². The highest BCUT2D eigenvalue weighted by Gasteiger charge is 2.32. The molecule has 3 aromatic rings. The predicted molar refractivity (Wildman–Crippen MR) is 119 cm³/mol. The summed E-state index contributed by atoms with van der Waals surface area (Å²) in [6.07, 6.45) is 1.48. The Bertz CT molecular complexity index is 1130. The van der Waals surface area contributed by atoms with Gasteiger partial charge in [0.25, 0.3) is 0 Å². The minimum atomic E-state index is -3.85. The van der Waals surface area contributed by atoms with E-state index in [9.17, 15) is 8.42 Å². The number of likely N-dealkylation sites (N-methyl/N-ethyl adjacent to an activating group) is 1. The van der Waals surface area contributed by atoms with Crippen molar-refractivity contribution in [3.05, 3.63) is 76.6 Å². The Kier molecular flexibility index (Phi) is 7.15. The summed E-state index contributed by atoms with van der Waals surface area (Å²) in [5, 5.41) is 0.242. The fourth-order valence-corrected chi connectivity index (χ4v) is 5.24. The number of sulfonamides is 1. The molecule has 0 saturated carbocycles. The van der Waals surface area contributed by atoms with Gasteiger partial charge in [0.15, 0.2) is 0 Å². The Morgan fingerprint density at radius 2 is 1.74 bits per heavy atom. The number of ether oxygens (including phenoxy) is 2. The van der Waals surface area contributed by atoms with E-state index in [4.69, 9.17) is 21.1 Å². The van der Waals surface area contributed by atoms with Gasteiger partial charge in [0.05, 0.1) is 18.0 Å². The SMILES string of the molecule is COc1cc(C)c(S(=O)(=O)N(C)C(COc2nccc(Cl)n2)c2ccccc2)c(C)c1. The third kappa shape index (κ3) is 5.15. The lowest BCUT2D eigenvalue weighted by atomic mass is 10.1. The zero-order chi connectivity index (χ0) is 22.6. The van der Waals surface area contributed by atoms with Crippen LogP contribution in [0.2, 0.25) is 5.15 Å². The zero-order valence-corrected chi connectivity index (χ0v) is 19.3. The summed E-state index contributed by atoms with van der Waals surface area (Å²) in [5.74, 6) is 0.609. The van der Waals surface area contributed by atoms with E-state index in [1.54, 1.807) is 33.1 Å². The highest BCUT2D eigenvalue weighted by molar-refractivity contribution is 7.89. The molecular formula is C22H24ClN3O4S. The second-order valence-electron chi connectivity index (χ2n) is 7.01. The molecule has 9 heteroatoms. The molecule has 1 aromatic heterocycles. The van der Waals surface area contributed by atoms with Crippen molar-refractivity contribution in [2.45, 2.75) is 24.8 Å². The summed E-state index contributed by atoms with van der Waals surface area (Å²) in [5.41, 5.74) is 1.99. The van der Waals surface area contributed by atoms with Gasteiger partial charge < -0.3 is 9.47 Å². The van der Waals surface area contributed by atoms with Gasteiger partial charge in [-0.05, 0) is 48.7 Å². The summed E-state index contributed by atoms with van der Waals surface area (Å²) in [6.45, 7) is 3.52. The summed E-state index contributed by atoms with van der Waals surface area (Å²) >= 11 is 5.90. The van der Waals surface area contributed by atoms with E-state index in [-0.39, 0.29) is 22.7 Å². The monoisotopic (exact) mass is 461 g/mol. The van der Waals surface area contributed by atoms with E-state index in [0.717, 1.165) is 5.56 Å². The molecule has 0 bridgehead atoms. The molecule has 0 spiro atoms. The van der Waals surface area contributed by atoms with Crippen LogP contribution in [-0.4, -0.2) is 43.5 Å². The molecule has 0 amide bonds. The topological polar surface area (TPSA) is 81.6 Å². The summed E-state index contributed by atoms with van der Waals surface area (Å²) in [7, 11) is -0.764. The number of benzene rings is 2. The van der Waals surface area contributed by atoms with Crippen molar-refractivity contribution >= 4 is 21.6 Å².